The van der Waals surface area contributed by atoms with Crippen molar-refractivity contribution in [3.63, 3.8) is 0 Å². The molecule has 0 aliphatic heterocycles. The average Bonchev–Trinajstić information content (AvgIpc) is 3.44. The SMILES string of the molecule is Cc1cc(Cc2cc(C)cc(C(C)(C)C)c2Op2oc3c(C4CCCCC4)cc(C4CCCCC4)cc3c3cc(C4CCCCC4)cc(C4CCCCC4)c3o2)c(O)c(C(C)(C)C)c1. The zero-order chi connectivity index (χ0) is 44.8. The summed E-state index contributed by atoms with van der Waals surface area (Å²) in [7, 11) is -1.94. The molecule has 9 rings (SSSR count). The molecule has 1 N–H and O–H groups in total. The largest absolute Gasteiger partial charge is 0.507 e. The summed E-state index contributed by atoms with van der Waals surface area (Å²) in [5.74, 6) is 3.33. The third-order valence-corrected chi connectivity index (χ3v) is 16.9. The molecule has 64 heavy (non-hydrogen) atoms. The highest BCUT2D eigenvalue weighted by Gasteiger charge is 2.31. The second kappa shape index (κ2) is 18.9. The number of hydrogen-bond acceptors (Lipinski definition) is 4. The van der Waals surface area contributed by atoms with E-state index < -0.39 is 8.24 Å². The molecule has 0 saturated heterocycles. The topological polar surface area (TPSA) is 55.7 Å². The van der Waals surface area contributed by atoms with Gasteiger partial charge in [0.05, 0.1) is 0 Å². The molecule has 5 heteroatoms. The first-order chi connectivity index (χ1) is 30.7. The molecule has 0 atom stereocenters. The lowest BCUT2D eigenvalue weighted by Crippen LogP contribution is -2.15. The summed E-state index contributed by atoms with van der Waals surface area (Å²) in [5, 5.41) is 14.4. The average molecular weight is 883 g/mol. The first-order valence-corrected chi connectivity index (χ1v) is 27.0. The monoisotopic (exact) mass is 883 g/mol. The van der Waals surface area contributed by atoms with Crippen molar-refractivity contribution in [1.82, 2.24) is 0 Å². The Balaban J connectivity index is 1.33. The number of phenolic OH excluding ortho intramolecular Hbond substituents is 1. The summed E-state index contributed by atoms with van der Waals surface area (Å²) in [5.41, 5.74) is 13.9. The smallest absolute Gasteiger partial charge is 0.453 e. The van der Waals surface area contributed by atoms with Gasteiger partial charge in [0.2, 0.25) is 0 Å². The number of fused-ring (bicyclic) bond motifs is 3. The van der Waals surface area contributed by atoms with Gasteiger partial charge in [-0.25, -0.2) is 0 Å². The summed E-state index contributed by atoms with van der Waals surface area (Å²) in [6.45, 7) is 17.7. The van der Waals surface area contributed by atoms with Crippen LogP contribution in [0, 0.1) is 13.8 Å². The van der Waals surface area contributed by atoms with E-state index >= 15 is 0 Å². The predicted octanol–water partition coefficient (Wildman–Crippen LogP) is 18.8. The van der Waals surface area contributed by atoms with Crippen molar-refractivity contribution in [2.45, 2.75) is 225 Å². The highest BCUT2D eigenvalue weighted by atomic mass is 31.1. The molecule has 344 valence electrons. The molecule has 4 aliphatic rings. The molecule has 0 unspecified atom stereocenters. The van der Waals surface area contributed by atoms with Crippen LogP contribution in [0.15, 0.2) is 56.9 Å². The minimum absolute atomic E-state index is 0.195. The molecular weight excluding hydrogens is 804 g/mol. The Morgan fingerprint density at radius 3 is 1.31 bits per heavy atom. The van der Waals surface area contributed by atoms with Crippen LogP contribution >= 0.6 is 8.24 Å². The minimum Gasteiger partial charge on any atom is -0.507 e. The van der Waals surface area contributed by atoms with E-state index in [0.29, 0.717) is 35.8 Å². The van der Waals surface area contributed by atoms with E-state index in [9.17, 15) is 5.11 Å². The van der Waals surface area contributed by atoms with Crippen molar-refractivity contribution in [3.05, 3.63) is 104 Å². The van der Waals surface area contributed by atoms with E-state index in [0.717, 1.165) is 44.7 Å². The van der Waals surface area contributed by atoms with Crippen LogP contribution in [0.1, 0.15) is 249 Å². The van der Waals surface area contributed by atoms with Crippen molar-refractivity contribution in [2.24, 2.45) is 0 Å². The lowest BCUT2D eigenvalue weighted by atomic mass is 9.77. The van der Waals surface area contributed by atoms with Gasteiger partial charge in [-0.15, -0.1) is 0 Å². The number of hydrogen-bond donors (Lipinski definition) is 1. The lowest BCUT2D eigenvalue weighted by Gasteiger charge is -2.27. The number of phenols is 1. The van der Waals surface area contributed by atoms with Gasteiger partial charge in [0.25, 0.3) is 0 Å². The Morgan fingerprint density at radius 2 is 0.891 bits per heavy atom. The second-order valence-electron chi connectivity index (χ2n) is 23.1. The Morgan fingerprint density at radius 1 is 0.500 bits per heavy atom. The van der Waals surface area contributed by atoms with Crippen LogP contribution in [0.2, 0.25) is 0 Å². The van der Waals surface area contributed by atoms with Crippen LogP contribution in [0.4, 0.5) is 0 Å². The Labute approximate surface area is 387 Å². The molecule has 0 amide bonds. The van der Waals surface area contributed by atoms with Gasteiger partial charge in [-0.05, 0) is 145 Å². The Bertz CT molecular complexity index is 2390. The van der Waals surface area contributed by atoms with Crippen LogP contribution in [-0.4, -0.2) is 5.11 Å². The van der Waals surface area contributed by atoms with E-state index in [-0.39, 0.29) is 10.8 Å². The highest BCUT2D eigenvalue weighted by Crippen LogP contribution is 2.51. The molecule has 1 aromatic heterocycles. The van der Waals surface area contributed by atoms with Gasteiger partial charge in [-0.2, -0.15) is 0 Å². The van der Waals surface area contributed by atoms with E-state index in [2.05, 4.69) is 104 Å². The second-order valence-corrected chi connectivity index (χ2v) is 24.1. The van der Waals surface area contributed by atoms with E-state index in [4.69, 9.17) is 12.9 Å². The number of aryl methyl sites for hydroxylation is 2. The molecule has 1 heterocycles. The van der Waals surface area contributed by atoms with E-state index in [1.807, 2.05) is 0 Å². The fraction of sp³-hybridized carbons (Fsp3) is 0.593. The van der Waals surface area contributed by atoms with Crippen molar-refractivity contribution in [1.29, 1.82) is 0 Å². The van der Waals surface area contributed by atoms with Gasteiger partial charge < -0.3 is 18.0 Å². The Kier molecular flexibility index (Phi) is 13.5. The van der Waals surface area contributed by atoms with Crippen molar-refractivity contribution >= 4 is 30.2 Å². The van der Waals surface area contributed by atoms with Crippen molar-refractivity contribution < 1.29 is 18.0 Å². The standard InChI is InChI=1S/C59H79O4P/c1-38-29-46(54(60)52(31-38)58(3,4)5)33-47-30-39(2)32-53(59(6,7)8)55(47)61-64-62-56-48(42-25-17-11-18-26-42)34-44(40-21-13-9-14-22-40)36-50(56)51-37-45(41-23-15-10-16-24-41)35-49(57(51)63-64)43-27-19-12-20-28-43/h29-32,34-37,40-43,60H,9-28,33H2,1-8H3. The zero-order valence-electron chi connectivity index (χ0n) is 40.9. The van der Waals surface area contributed by atoms with Gasteiger partial charge in [-0.3, -0.25) is 0 Å². The molecule has 4 aliphatic carbocycles. The van der Waals surface area contributed by atoms with E-state index in [1.165, 1.54) is 167 Å². The Hall–Kier alpha value is -3.62. The van der Waals surface area contributed by atoms with Gasteiger partial charge in [-0.1, -0.05) is 166 Å². The normalized spacial score (nSPS) is 19.1. The lowest BCUT2D eigenvalue weighted by molar-refractivity contribution is 0.431. The minimum atomic E-state index is -1.94. The van der Waals surface area contributed by atoms with E-state index in [1.54, 1.807) is 0 Å². The maximum atomic E-state index is 11.9. The van der Waals surface area contributed by atoms with Crippen LogP contribution in [0.25, 0.3) is 21.9 Å². The molecule has 4 saturated carbocycles. The number of rotatable bonds is 8. The molecule has 0 spiro atoms. The maximum Gasteiger partial charge on any atom is 0.453 e. The van der Waals surface area contributed by atoms with Crippen LogP contribution in [0.3, 0.4) is 0 Å². The van der Waals surface area contributed by atoms with Crippen LogP contribution in [0.5, 0.6) is 11.5 Å². The van der Waals surface area contributed by atoms with Gasteiger partial charge in [0, 0.05) is 28.3 Å². The molecule has 4 aromatic carbocycles. The van der Waals surface area contributed by atoms with Gasteiger partial charge >= 0.3 is 8.24 Å². The van der Waals surface area contributed by atoms with Crippen LogP contribution in [-0.2, 0) is 17.3 Å². The van der Waals surface area contributed by atoms with Crippen molar-refractivity contribution in [2.75, 3.05) is 0 Å². The molecule has 0 bridgehead atoms. The zero-order valence-corrected chi connectivity index (χ0v) is 41.8. The molecule has 0 radical (unpaired) electrons. The number of benzene rings is 4. The van der Waals surface area contributed by atoms with Crippen molar-refractivity contribution in [3.8, 4) is 11.5 Å². The fourth-order valence-electron chi connectivity index (χ4n) is 12.4. The van der Waals surface area contributed by atoms with Gasteiger partial charge in [0.1, 0.15) is 22.7 Å². The third-order valence-electron chi connectivity index (χ3n) is 16.0. The highest BCUT2D eigenvalue weighted by molar-refractivity contribution is 7.32. The summed E-state index contributed by atoms with van der Waals surface area (Å²) in [6, 6.07) is 19.2. The molecule has 4 fully saturated rings. The fourth-order valence-corrected chi connectivity index (χ4v) is 13.6. The molecule has 4 nitrogen and oxygen atoms in total. The molecule has 5 aromatic rings. The predicted molar refractivity (Wildman–Crippen MR) is 270 cm³/mol. The first kappa shape index (κ1) is 45.5. The maximum absolute atomic E-state index is 11.9. The number of aromatic hydroxyl groups is 1. The summed E-state index contributed by atoms with van der Waals surface area (Å²) in [6.07, 6.45) is 26.2. The molecular formula is C59H79O4P. The first-order valence-electron chi connectivity index (χ1n) is 25.9. The van der Waals surface area contributed by atoms with Crippen LogP contribution < -0.4 is 4.52 Å². The quantitative estimate of drug-likeness (QED) is 0.169. The van der Waals surface area contributed by atoms with Gasteiger partial charge in [0.15, 0.2) is 0 Å². The summed E-state index contributed by atoms with van der Waals surface area (Å²) >= 11 is 0. The summed E-state index contributed by atoms with van der Waals surface area (Å²) in [4.78, 5) is 0. The third kappa shape index (κ3) is 9.75. The summed E-state index contributed by atoms with van der Waals surface area (Å²) < 4.78 is 22.7.